The molecule has 1 N–H and O–H groups in total. The number of halogens is 3. The van der Waals surface area contributed by atoms with Crippen molar-refractivity contribution in [1.29, 1.82) is 0 Å². The molecule has 0 spiro atoms. The van der Waals surface area contributed by atoms with Crippen molar-refractivity contribution in [2.75, 3.05) is 5.01 Å². The van der Waals surface area contributed by atoms with E-state index in [0.29, 0.717) is 29.2 Å². The Labute approximate surface area is 199 Å². The van der Waals surface area contributed by atoms with Crippen LogP contribution < -0.4 is 5.01 Å². The molecule has 1 aliphatic heterocycles. The zero-order valence-electron chi connectivity index (χ0n) is 18.8. The highest BCUT2D eigenvalue weighted by Crippen LogP contribution is 2.33. The first-order valence-electron chi connectivity index (χ1n) is 10.8. The standard InChI is InChI=1S/C26H21F3N2O4/c1-15(2)12-22-21(24(32)31(30-22)19-8-6-16(7-9-19)25(33)34)14-20-10-11-23(35-20)17-4-3-5-18(13-17)26(27,28)29/h3-11,13-15H,12H2,1-2H3,(H,33,34). The van der Waals surface area contributed by atoms with Crippen molar-refractivity contribution < 1.29 is 32.3 Å². The van der Waals surface area contributed by atoms with E-state index in [1.54, 1.807) is 12.1 Å². The fourth-order valence-corrected chi connectivity index (χ4v) is 3.64. The van der Waals surface area contributed by atoms with Gasteiger partial charge in [0.2, 0.25) is 0 Å². The topological polar surface area (TPSA) is 83.1 Å². The van der Waals surface area contributed by atoms with Gasteiger partial charge in [0.15, 0.2) is 0 Å². The summed E-state index contributed by atoms with van der Waals surface area (Å²) in [6.45, 7) is 3.96. The number of carbonyl (C=O) groups is 2. The number of anilines is 1. The van der Waals surface area contributed by atoms with Gasteiger partial charge in [0.1, 0.15) is 11.5 Å². The highest BCUT2D eigenvalue weighted by Gasteiger charge is 2.32. The summed E-state index contributed by atoms with van der Waals surface area (Å²) in [5.41, 5.74) is 0.802. The van der Waals surface area contributed by atoms with Crippen molar-refractivity contribution in [2.45, 2.75) is 26.4 Å². The van der Waals surface area contributed by atoms with Crippen LogP contribution in [0, 0.1) is 5.92 Å². The molecule has 2 aromatic carbocycles. The normalized spacial score (nSPS) is 15.3. The summed E-state index contributed by atoms with van der Waals surface area (Å²) in [4.78, 5) is 24.3. The number of nitrogens with zero attached hydrogens (tertiary/aromatic N) is 2. The van der Waals surface area contributed by atoms with E-state index in [9.17, 15) is 22.8 Å². The summed E-state index contributed by atoms with van der Waals surface area (Å²) in [6.07, 6.45) is -2.45. The molecule has 0 saturated heterocycles. The van der Waals surface area contributed by atoms with Crippen molar-refractivity contribution in [1.82, 2.24) is 0 Å². The molecule has 0 bridgehead atoms. The highest BCUT2D eigenvalue weighted by molar-refractivity contribution is 6.32. The number of benzene rings is 2. The largest absolute Gasteiger partial charge is 0.478 e. The molecule has 1 aromatic heterocycles. The summed E-state index contributed by atoms with van der Waals surface area (Å²) in [5, 5.41) is 14.7. The SMILES string of the molecule is CC(C)CC1=NN(c2ccc(C(=O)O)cc2)C(=O)C1=Cc1ccc(-c2cccc(C(F)(F)F)c2)o1. The van der Waals surface area contributed by atoms with E-state index >= 15 is 0 Å². The summed E-state index contributed by atoms with van der Waals surface area (Å²) in [6, 6.07) is 13.7. The number of furan rings is 1. The molecule has 4 rings (SSSR count). The molecular formula is C26H21F3N2O4. The fourth-order valence-electron chi connectivity index (χ4n) is 3.64. The van der Waals surface area contributed by atoms with E-state index in [1.807, 2.05) is 13.8 Å². The molecule has 0 unspecified atom stereocenters. The van der Waals surface area contributed by atoms with Crippen molar-refractivity contribution in [3.63, 3.8) is 0 Å². The van der Waals surface area contributed by atoms with Crippen molar-refractivity contribution in [3.05, 3.63) is 83.1 Å². The molecule has 1 amide bonds. The number of carboxylic acid groups (broad SMARTS) is 1. The van der Waals surface area contributed by atoms with Crippen molar-refractivity contribution in [2.24, 2.45) is 11.0 Å². The smallest absolute Gasteiger partial charge is 0.416 e. The van der Waals surface area contributed by atoms with Gasteiger partial charge in [-0.2, -0.15) is 23.3 Å². The van der Waals surface area contributed by atoms with E-state index in [2.05, 4.69) is 5.10 Å². The minimum atomic E-state index is -4.47. The third-order valence-corrected chi connectivity index (χ3v) is 5.30. The van der Waals surface area contributed by atoms with Gasteiger partial charge in [0.25, 0.3) is 5.91 Å². The van der Waals surface area contributed by atoms with Crippen LogP contribution in [-0.4, -0.2) is 22.7 Å². The van der Waals surface area contributed by atoms with E-state index in [4.69, 9.17) is 9.52 Å². The molecule has 35 heavy (non-hydrogen) atoms. The summed E-state index contributed by atoms with van der Waals surface area (Å²) < 4.78 is 44.9. The van der Waals surface area contributed by atoms with Gasteiger partial charge in [-0.1, -0.05) is 26.0 Å². The van der Waals surface area contributed by atoms with E-state index < -0.39 is 23.6 Å². The van der Waals surface area contributed by atoms with Gasteiger partial charge in [-0.25, -0.2) is 4.79 Å². The molecule has 0 fully saturated rings. The van der Waals surface area contributed by atoms with Crippen LogP contribution >= 0.6 is 0 Å². The molecule has 1 aliphatic rings. The molecule has 6 nitrogen and oxygen atoms in total. The Morgan fingerprint density at radius 3 is 2.46 bits per heavy atom. The van der Waals surface area contributed by atoms with Crippen LogP contribution in [-0.2, 0) is 11.0 Å². The Balaban J connectivity index is 1.66. The average Bonchev–Trinajstić information content (AvgIpc) is 3.39. The molecule has 3 aromatic rings. The summed E-state index contributed by atoms with van der Waals surface area (Å²) >= 11 is 0. The minimum Gasteiger partial charge on any atom is -0.478 e. The monoisotopic (exact) mass is 482 g/mol. The number of rotatable bonds is 6. The maximum Gasteiger partial charge on any atom is 0.416 e. The first-order valence-corrected chi connectivity index (χ1v) is 10.8. The Hall–Kier alpha value is -4.14. The first-order chi connectivity index (χ1) is 16.5. The van der Waals surface area contributed by atoms with Crippen LogP contribution in [0.25, 0.3) is 17.4 Å². The fraction of sp³-hybridized carbons (Fsp3) is 0.192. The molecule has 0 aliphatic carbocycles. The highest BCUT2D eigenvalue weighted by atomic mass is 19.4. The second-order valence-electron chi connectivity index (χ2n) is 8.45. The predicted octanol–water partition coefficient (Wildman–Crippen LogP) is 6.50. The van der Waals surface area contributed by atoms with Crippen LogP contribution in [0.2, 0.25) is 0 Å². The zero-order chi connectivity index (χ0) is 25.3. The summed E-state index contributed by atoms with van der Waals surface area (Å²) in [7, 11) is 0. The number of carbonyl (C=O) groups excluding carboxylic acids is 1. The number of aromatic carboxylic acids is 1. The third kappa shape index (κ3) is 5.18. The van der Waals surface area contributed by atoms with Gasteiger partial charge in [0.05, 0.1) is 28.1 Å². The number of hydrogen-bond acceptors (Lipinski definition) is 4. The van der Waals surface area contributed by atoms with Gasteiger partial charge in [-0.05, 0) is 66.9 Å². The molecular weight excluding hydrogens is 461 g/mol. The van der Waals surface area contributed by atoms with Crippen LogP contribution in [0.15, 0.2) is 75.8 Å². The number of hydrazone groups is 1. The molecule has 180 valence electrons. The lowest BCUT2D eigenvalue weighted by Crippen LogP contribution is -2.21. The van der Waals surface area contributed by atoms with Crippen molar-refractivity contribution in [3.8, 4) is 11.3 Å². The quantitative estimate of drug-likeness (QED) is 0.407. The number of alkyl halides is 3. The van der Waals surface area contributed by atoms with E-state index in [-0.39, 0.29) is 22.8 Å². The molecule has 2 heterocycles. The average molecular weight is 482 g/mol. The Bertz CT molecular complexity index is 1340. The third-order valence-electron chi connectivity index (χ3n) is 5.30. The van der Waals surface area contributed by atoms with E-state index in [0.717, 1.165) is 12.1 Å². The lowest BCUT2D eigenvalue weighted by Gasteiger charge is -2.11. The van der Waals surface area contributed by atoms with Gasteiger partial charge in [-0.3, -0.25) is 4.79 Å². The van der Waals surface area contributed by atoms with Gasteiger partial charge >= 0.3 is 12.1 Å². The van der Waals surface area contributed by atoms with Gasteiger partial charge < -0.3 is 9.52 Å². The molecule has 0 atom stereocenters. The second kappa shape index (κ2) is 9.25. The van der Waals surface area contributed by atoms with Gasteiger partial charge in [-0.15, -0.1) is 0 Å². The number of amides is 1. The van der Waals surface area contributed by atoms with Crippen LogP contribution in [0.5, 0.6) is 0 Å². The number of hydrogen-bond donors (Lipinski definition) is 1. The maximum absolute atomic E-state index is 13.2. The lowest BCUT2D eigenvalue weighted by atomic mass is 10.00. The minimum absolute atomic E-state index is 0.0836. The second-order valence-corrected chi connectivity index (χ2v) is 8.45. The van der Waals surface area contributed by atoms with Crippen LogP contribution in [0.1, 0.15) is 41.9 Å². The summed E-state index contributed by atoms with van der Waals surface area (Å²) in [5.74, 6) is -0.780. The molecule has 0 radical (unpaired) electrons. The molecule has 0 saturated carbocycles. The zero-order valence-corrected chi connectivity index (χ0v) is 18.8. The van der Waals surface area contributed by atoms with Crippen LogP contribution in [0.3, 0.4) is 0 Å². The number of carboxylic acids is 1. The predicted molar refractivity (Wildman–Crippen MR) is 125 cm³/mol. The Morgan fingerprint density at radius 1 is 1.11 bits per heavy atom. The molecule has 9 heteroatoms. The van der Waals surface area contributed by atoms with Gasteiger partial charge in [0, 0.05) is 5.56 Å². The maximum atomic E-state index is 13.2. The van der Waals surface area contributed by atoms with Crippen LogP contribution in [0.4, 0.5) is 18.9 Å². The van der Waals surface area contributed by atoms with E-state index in [1.165, 1.54) is 47.5 Å². The Kier molecular flexibility index (Phi) is 6.34. The van der Waals surface area contributed by atoms with Crippen molar-refractivity contribution >= 4 is 29.4 Å². The lowest BCUT2D eigenvalue weighted by molar-refractivity contribution is -0.137. The Morgan fingerprint density at radius 2 is 1.83 bits per heavy atom. The first kappa shape index (κ1) is 24.0.